The van der Waals surface area contributed by atoms with E-state index in [1.165, 1.54) is 0 Å². The first kappa shape index (κ1) is 16.2. The van der Waals surface area contributed by atoms with Crippen molar-refractivity contribution in [2.24, 2.45) is 5.92 Å². The van der Waals surface area contributed by atoms with Gasteiger partial charge in [0.2, 0.25) is 0 Å². The molecule has 118 valence electrons. The van der Waals surface area contributed by atoms with Gasteiger partial charge in [-0.3, -0.25) is 0 Å². The highest BCUT2D eigenvalue weighted by atomic mass is 19.3. The van der Waals surface area contributed by atoms with Crippen LogP contribution in [0.1, 0.15) is 32.3 Å². The number of hydrogen-bond acceptors (Lipinski definition) is 3. The second kappa shape index (κ2) is 7.71. The predicted octanol–water partition coefficient (Wildman–Crippen LogP) is 3.58. The summed E-state index contributed by atoms with van der Waals surface area (Å²) in [5, 5.41) is 3.51. The van der Waals surface area contributed by atoms with Crippen molar-refractivity contribution in [2.75, 3.05) is 6.61 Å². The maximum Gasteiger partial charge on any atom is 0.387 e. The van der Waals surface area contributed by atoms with Gasteiger partial charge in [-0.15, -0.1) is 0 Å². The molecule has 0 saturated carbocycles. The molecule has 0 amide bonds. The smallest absolute Gasteiger partial charge is 0.387 e. The lowest BCUT2D eigenvalue weighted by Gasteiger charge is -2.32. The Kier molecular flexibility index (Phi) is 5.94. The number of hydrogen-bond donors (Lipinski definition) is 1. The number of alkyl halides is 2. The summed E-state index contributed by atoms with van der Waals surface area (Å²) < 4.78 is 34.2. The van der Waals surface area contributed by atoms with E-state index in [4.69, 9.17) is 4.74 Å². The van der Waals surface area contributed by atoms with Gasteiger partial charge in [0.25, 0.3) is 0 Å². The van der Waals surface area contributed by atoms with Crippen LogP contribution in [0.2, 0.25) is 0 Å². The maximum absolute atomic E-state index is 12.1. The van der Waals surface area contributed by atoms with Crippen LogP contribution in [0, 0.1) is 5.92 Å². The molecule has 1 aliphatic rings. The summed E-state index contributed by atoms with van der Waals surface area (Å²) in [7, 11) is 0. The van der Waals surface area contributed by atoms with Gasteiger partial charge in [0.05, 0.1) is 6.10 Å². The van der Waals surface area contributed by atoms with Crippen molar-refractivity contribution in [1.29, 1.82) is 0 Å². The predicted molar refractivity (Wildman–Crippen MR) is 77.5 cm³/mol. The molecule has 2 rings (SSSR count). The van der Waals surface area contributed by atoms with E-state index in [1.54, 1.807) is 12.1 Å². The van der Waals surface area contributed by atoms with Gasteiger partial charge in [-0.2, -0.15) is 8.78 Å². The van der Waals surface area contributed by atoms with Gasteiger partial charge < -0.3 is 14.8 Å². The van der Waals surface area contributed by atoms with Crippen LogP contribution in [-0.4, -0.2) is 25.4 Å². The molecule has 0 radical (unpaired) electrons. The number of benzene rings is 1. The van der Waals surface area contributed by atoms with E-state index in [2.05, 4.69) is 23.9 Å². The molecular weight excluding hydrogens is 276 g/mol. The van der Waals surface area contributed by atoms with Gasteiger partial charge in [-0.25, -0.2) is 0 Å². The maximum atomic E-state index is 12.1. The van der Waals surface area contributed by atoms with Crippen molar-refractivity contribution < 1.29 is 18.3 Å². The van der Waals surface area contributed by atoms with Crippen LogP contribution in [-0.2, 0) is 11.3 Å². The SMILES string of the molecule is CC(C)C1CC(NCc2ccc(OC(F)F)cc2)CCO1. The van der Waals surface area contributed by atoms with E-state index in [0.29, 0.717) is 18.1 Å². The Morgan fingerprint density at radius 1 is 1.29 bits per heavy atom. The summed E-state index contributed by atoms with van der Waals surface area (Å²) in [6.45, 7) is 3.10. The normalized spacial score (nSPS) is 22.8. The molecule has 0 bridgehead atoms. The zero-order valence-electron chi connectivity index (χ0n) is 12.5. The number of rotatable bonds is 6. The molecule has 1 aromatic rings. The van der Waals surface area contributed by atoms with Gasteiger partial charge in [-0.05, 0) is 36.5 Å². The Morgan fingerprint density at radius 2 is 2.00 bits per heavy atom. The lowest BCUT2D eigenvalue weighted by atomic mass is 9.95. The van der Waals surface area contributed by atoms with Gasteiger partial charge in [0.15, 0.2) is 0 Å². The van der Waals surface area contributed by atoms with Crippen molar-refractivity contribution in [1.82, 2.24) is 5.32 Å². The largest absolute Gasteiger partial charge is 0.435 e. The third-order valence-electron chi connectivity index (χ3n) is 3.80. The summed E-state index contributed by atoms with van der Waals surface area (Å²) in [6, 6.07) is 7.21. The summed E-state index contributed by atoms with van der Waals surface area (Å²) >= 11 is 0. The fourth-order valence-electron chi connectivity index (χ4n) is 2.53. The van der Waals surface area contributed by atoms with E-state index in [-0.39, 0.29) is 5.75 Å². The summed E-state index contributed by atoms with van der Waals surface area (Å²) in [4.78, 5) is 0. The molecule has 1 fully saturated rings. The topological polar surface area (TPSA) is 30.5 Å². The van der Waals surface area contributed by atoms with Crippen molar-refractivity contribution in [3.8, 4) is 5.75 Å². The van der Waals surface area contributed by atoms with Gasteiger partial charge in [-0.1, -0.05) is 26.0 Å². The molecule has 2 unspecified atom stereocenters. The highest BCUT2D eigenvalue weighted by molar-refractivity contribution is 5.27. The second-order valence-electron chi connectivity index (χ2n) is 5.78. The van der Waals surface area contributed by atoms with Crippen molar-refractivity contribution >= 4 is 0 Å². The highest BCUT2D eigenvalue weighted by Gasteiger charge is 2.24. The molecule has 1 aromatic carbocycles. The first-order valence-electron chi connectivity index (χ1n) is 7.43. The van der Waals surface area contributed by atoms with Crippen molar-refractivity contribution in [2.45, 2.75) is 52.0 Å². The quantitative estimate of drug-likeness (QED) is 0.871. The fourth-order valence-corrected chi connectivity index (χ4v) is 2.53. The average molecular weight is 299 g/mol. The minimum atomic E-state index is -2.77. The molecule has 21 heavy (non-hydrogen) atoms. The van der Waals surface area contributed by atoms with Gasteiger partial charge >= 0.3 is 6.61 Å². The van der Waals surface area contributed by atoms with E-state index in [0.717, 1.165) is 31.6 Å². The Balaban J connectivity index is 1.80. The van der Waals surface area contributed by atoms with Crippen LogP contribution in [0.5, 0.6) is 5.75 Å². The Labute approximate surface area is 124 Å². The molecule has 0 aliphatic carbocycles. The molecular formula is C16H23F2NO2. The molecule has 1 N–H and O–H groups in total. The molecule has 0 spiro atoms. The Bertz CT molecular complexity index is 423. The lowest BCUT2D eigenvalue weighted by Crippen LogP contribution is -2.40. The number of ether oxygens (including phenoxy) is 2. The Morgan fingerprint density at radius 3 is 2.62 bits per heavy atom. The van der Waals surface area contributed by atoms with E-state index in [9.17, 15) is 8.78 Å². The summed E-state index contributed by atoms with van der Waals surface area (Å²) in [5.74, 6) is 0.722. The summed E-state index contributed by atoms with van der Waals surface area (Å²) in [6.07, 6.45) is 2.35. The van der Waals surface area contributed by atoms with Crippen LogP contribution < -0.4 is 10.1 Å². The zero-order valence-corrected chi connectivity index (χ0v) is 12.5. The standard InChI is InChI=1S/C16H23F2NO2/c1-11(2)15-9-13(7-8-20-15)19-10-12-3-5-14(6-4-12)21-16(17)18/h3-6,11,13,15-16,19H,7-10H2,1-2H3. The minimum Gasteiger partial charge on any atom is -0.435 e. The molecule has 2 atom stereocenters. The van der Waals surface area contributed by atoms with Gasteiger partial charge in [0.1, 0.15) is 5.75 Å². The minimum absolute atomic E-state index is 0.194. The fraction of sp³-hybridized carbons (Fsp3) is 0.625. The first-order chi connectivity index (χ1) is 10.0. The summed E-state index contributed by atoms with van der Waals surface area (Å²) in [5.41, 5.74) is 1.06. The number of halogens is 2. The molecule has 5 heteroatoms. The zero-order chi connectivity index (χ0) is 15.2. The lowest BCUT2D eigenvalue weighted by molar-refractivity contribution is -0.0498. The van der Waals surface area contributed by atoms with Crippen LogP contribution in [0.3, 0.4) is 0 Å². The first-order valence-corrected chi connectivity index (χ1v) is 7.43. The van der Waals surface area contributed by atoms with Crippen LogP contribution in [0.4, 0.5) is 8.78 Å². The second-order valence-corrected chi connectivity index (χ2v) is 5.78. The monoisotopic (exact) mass is 299 g/mol. The number of nitrogens with one attached hydrogen (secondary N) is 1. The van der Waals surface area contributed by atoms with E-state index in [1.807, 2.05) is 12.1 Å². The van der Waals surface area contributed by atoms with Crippen molar-refractivity contribution in [3.63, 3.8) is 0 Å². The molecule has 0 aromatic heterocycles. The highest BCUT2D eigenvalue weighted by Crippen LogP contribution is 2.21. The van der Waals surface area contributed by atoms with E-state index >= 15 is 0 Å². The van der Waals surface area contributed by atoms with Crippen LogP contribution in [0.15, 0.2) is 24.3 Å². The van der Waals surface area contributed by atoms with Gasteiger partial charge in [0, 0.05) is 19.2 Å². The molecule has 1 aliphatic heterocycles. The third-order valence-corrected chi connectivity index (χ3v) is 3.80. The van der Waals surface area contributed by atoms with Crippen LogP contribution in [0.25, 0.3) is 0 Å². The van der Waals surface area contributed by atoms with Crippen molar-refractivity contribution in [3.05, 3.63) is 29.8 Å². The molecule has 1 saturated heterocycles. The average Bonchev–Trinajstić information content (AvgIpc) is 2.46. The third kappa shape index (κ3) is 5.25. The Hall–Kier alpha value is -1.20. The van der Waals surface area contributed by atoms with E-state index < -0.39 is 6.61 Å². The molecule has 3 nitrogen and oxygen atoms in total. The van der Waals surface area contributed by atoms with Crippen LogP contribution >= 0.6 is 0 Å². The molecule has 1 heterocycles.